The van der Waals surface area contributed by atoms with E-state index in [0.717, 1.165) is 32.4 Å². The predicted octanol–water partition coefficient (Wildman–Crippen LogP) is 5.37. The van der Waals surface area contributed by atoms with Crippen LogP contribution in [0.15, 0.2) is 66.9 Å². The lowest BCUT2D eigenvalue weighted by molar-refractivity contribution is -0.125. The number of aryl methyl sites for hydroxylation is 1. The molecular formula is C26H20N4O2S. The molecule has 1 unspecified atom stereocenters. The molecule has 33 heavy (non-hydrogen) atoms. The number of nitriles is 1. The van der Waals surface area contributed by atoms with E-state index in [0.29, 0.717) is 23.5 Å². The zero-order valence-electron chi connectivity index (χ0n) is 18.1. The van der Waals surface area contributed by atoms with Gasteiger partial charge in [0.25, 0.3) is 5.91 Å². The molecule has 0 radical (unpaired) electrons. The number of ether oxygens (including phenoxy) is 1. The summed E-state index contributed by atoms with van der Waals surface area (Å²) < 4.78 is 5.88. The van der Waals surface area contributed by atoms with Crippen molar-refractivity contribution in [3.05, 3.63) is 82.9 Å². The van der Waals surface area contributed by atoms with Gasteiger partial charge in [-0.05, 0) is 55.8 Å². The molecule has 0 saturated heterocycles. The smallest absolute Gasteiger partial charge is 0.268 e. The number of carbonyl (C=O) groups is 1. The van der Waals surface area contributed by atoms with Gasteiger partial charge >= 0.3 is 0 Å². The molecule has 0 spiro atoms. The Morgan fingerprint density at radius 1 is 1.15 bits per heavy atom. The van der Waals surface area contributed by atoms with Gasteiger partial charge in [0.05, 0.1) is 35.3 Å². The van der Waals surface area contributed by atoms with Gasteiger partial charge in [0, 0.05) is 16.6 Å². The van der Waals surface area contributed by atoms with Gasteiger partial charge in [0.15, 0.2) is 6.10 Å². The molecular weight excluding hydrogens is 432 g/mol. The van der Waals surface area contributed by atoms with Crippen molar-refractivity contribution in [2.75, 3.05) is 4.90 Å². The lowest BCUT2D eigenvalue weighted by Gasteiger charge is -2.33. The van der Waals surface area contributed by atoms with E-state index >= 15 is 0 Å². The highest BCUT2D eigenvalue weighted by Crippen LogP contribution is 2.40. The summed E-state index contributed by atoms with van der Waals surface area (Å²) in [5.41, 5.74) is 4.60. The number of rotatable bonds is 4. The van der Waals surface area contributed by atoms with Crippen LogP contribution in [0, 0.1) is 18.3 Å². The first-order chi connectivity index (χ1) is 16.0. The third-order valence-electron chi connectivity index (χ3n) is 5.59. The molecule has 4 aromatic rings. The first kappa shape index (κ1) is 20.9. The molecule has 3 heterocycles. The van der Waals surface area contributed by atoms with E-state index in [-0.39, 0.29) is 5.91 Å². The number of aromatic nitrogens is 2. The number of fused-ring (bicyclic) bond motifs is 1. The summed E-state index contributed by atoms with van der Waals surface area (Å²) in [6.45, 7) is 4.07. The number of anilines is 1. The predicted molar refractivity (Wildman–Crippen MR) is 128 cm³/mol. The minimum Gasteiger partial charge on any atom is -0.479 e. The summed E-state index contributed by atoms with van der Waals surface area (Å²) in [6, 6.07) is 21.1. The largest absolute Gasteiger partial charge is 0.479 e. The third-order valence-corrected chi connectivity index (χ3v) is 6.58. The van der Waals surface area contributed by atoms with E-state index in [9.17, 15) is 10.1 Å². The highest BCUT2D eigenvalue weighted by Gasteiger charge is 2.32. The average Bonchev–Trinajstić information content (AvgIpc) is 3.24. The summed E-state index contributed by atoms with van der Waals surface area (Å²) in [4.78, 5) is 25.1. The fourth-order valence-electron chi connectivity index (χ4n) is 3.92. The van der Waals surface area contributed by atoms with Gasteiger partial charge in [-0.1, -0.05) is 24.3 Å². The summed E-state index contributed by atoms with van der Waals surface area (Å²) >= 11 is 1.59. The number of amides is 1. The number of hydrogen-bond acceptors (Lipinski definition) is 6. The maximum atomic E-state index is 13.1. The fourth-order valence-corrected chi connectivity index (χ4v) is 4.83. The van der Waals surface area contributed by atoms with Crippen molar-refractivity contribution < 1.29 is 9.53 Å². The van der Waals surface area contributed by atoms with Crippen molar-refractivity contribution in [3.8, 4) is 33.8 Å². The molecule has 2 aromatic heterocycles. The van der Waals surface area contributed by atoms with Crippen molar-refractivity contribution in [1.82, 2.24) is 9.97 Å². The Hall–Kier alpha value is -4.02. The minimum absolute atomic E-state index is 0.142. The number of thiazole rings is 1. The summed E-state index contributed by atoms with van der Waals surface area (Å²) in [7, 11) is 0. The van der Waals surface area contributed by atoms with E-state index in [4.69, 9.17) is 9.72 Å². The molecule has 0 N–H and O–H groups in total. The van der Waals surface area contributed by atoms with Gasteiger partial charge in [0.1, 0.15) is 10.8 Å². The molecule has 0 aliphatic carbocycles. The Kier molecular flexibility index (Phi) is 5.37. The number of pyridine rings is 1. The monoisotopic (exact) mass is 452 g/mol. The molecule has 2 aromatic carbocycles. The zero-order valence-corrected chi connectivity index (χ0v) is 19.0. The molecule has 6 nitrogen and oxygen atoms in total. The second-order valence-electron chi connectivity index (χ2n) is 7.77. The maximum absolute atomic E-state index is 13.1. The normalized spacial score (nSPS) is 15.0. The van der Waals surface area contributed by atoms with Crippen molar-refractivity contribution >= 4 is 22.9 Å². The van der Waals surface area contributed by atoms with Crippen LogP contribution in [0.25, 0.3) is 22.0 Å². The van der Waals surface area contributed by atoms with E-state index in [2.05, 4.69) is 11.1 Å². The number of hydrogen-bond donors (Lipinski definition) is 0. The Balaban J connectivity index is 1.56. The molecule has 1 aliphatic rings. The van der Waals surface area contributed by atoms with Gasteiger partial charge in [-0.15, -0.1) is 11.3 Å². The van der Waals surface area contributed by atoms with Gasteiger partial charge in [-0.3, -0.25) is 9.78 Å². The van der Waals surface area contributed by atoms with Crippen LogP contribution in [0.2, 0.25) is 0 Å². The molecule has 7 heteroatoms. The quantitative estimate of drug-likeness (QED) is 0.416. The third kappa shape index (κ3) is 3.86. The van der Waals surface area contributed by atoms with E-state index < -0.39 is 6.10 Å². The van der Waals surface area contributed by atoms with Crippen molar-refractivity contribution in [2.45, 2.75) is 26.5 Å². The SMILES string of the molecule is Cc1sc(-c2ccccn2)nc1-c1ccc2c(c1)N(Cc1ccccc1C#N)C(=O)C(C)O2. The molecule has 1 atom stereocenters. The van der Waals surface area contributed by atoms with Crippen molar-refractivity contribution in [1.29, 1.82) is 5.26 Å². The number of nitrogens with zero attached hydrogens (tertiary/aromatic N) is 4. The van der Waals surface area contributed by atoms with E-state index in [1.165, 1.54) is 0 Å². The molecule has 162 valence electrons. The first-order valence-corrected chi connectivity index (χ1v) is 11.4. The summed E-state index contributed by atoms with van der Waals surface area (Å²) in [5.74, 6) is 0.495. The van der Waals surface area contributed by atoms with E-state index in [1.807, 2.05) is 61.5 Å². The van der Waals surface area contributed by atoms with Crippen molar-refractivity contribution in [2.24, 2.45) is 0 Å². The topological polar surface area (TPSA) is 79.1 Å². The summed E-state index contributed by atoms with van der Waals surface area (Å²) in [6.07, 6.45) is 1.15. The minimum atomic E-state index is -0.602. The lowest BCUT2D eigenvalue weighted by Crippen LogP contribution is -2.44. The van der Waals surface area contributed by atoms with Crippen LogP contribution in [0.5, 0.6) is 5.75 Å². The van der Waals surface area contributed by atoms with Crippen LogP contribution >= 0.6 is 11.3 Å². The van der Waals surface area contributed by atoms with Crippen LogP contribution < -0.4 is 9.64 Å². The second-order valence-corrected chi connectivity index (χ2v) is 8.98. The first-order valence-electron chi connectivity index (χ1n) is 10.5. The van der Waals surface area contributed by atoms with E-state index in [1.54, 1.807) is 35.4 Å². The van der Waals surface area contributed by atoms with Crippen LogP contribution in [0.4, 0.5) is 5.69 Å². The lowest BCUT2D eigenvalue weighted by atomic mass is 10.0. The highest BCUT2D eigenvalue weighted by molar-refractivity contribution is 7.15. The Morgan fingerprint density at radius 2 is 1.97 bits per heavy atom. The Morgan fingerprint density at radius 3 is 2.76 bits per heavy atom. The standard InChI is InChI=1S/C26H20N4O2S/c1-16-26(31)30(15-20-8-4-3-7-19(20)14-27)22-13-18(10-11-23(22)32-16)24-17(2)33-25(29-24)21-9-5-6-12-28-21/h3-13,16H,15H2,1-2H3. The van der Waals surface area contributed by atoms with Crippen LogP contribution in [0.3, 0.4) is 0 Å². The maximum Gasteiger partial charge on any atom is 0.268 e. The van der Waals surface area contributed by atoms with Gasteiger partial charge in [-0.2, -0.15) is 5.26 Å². The Bertz CT molecular complexity index is 1390. The zero-order chi connectivity index (χ0) is 22.9. The van der Waals surface area contributed by atoms with Crippen LogP contribution in [-0.4, -0.2) is 22.0 Å². The molecule has 0 fully saturated rings. The van der Waals surface area contributed by atoms with Crippen LogP contribution in [-0.2, 0) is 11.3 Å². The average molecular weight is 453 g/mol. The highest BCUT2D eigenvalue weighted by atomic mass is 32.1. The number of carbonyl (C=O) groups excluding carboxylic acids is 1. The van der Waals surface area contributed by atoms with Crippen molar-refractivity contribution in [3.63, 3.8) is 0 Å². The Labute approximate surface area is 195 Å². The van der Waals surface area contributed by atoms with Gasteiger partial charge in [0.2, 0.25) is 0 Å². The molecule has 5 rings (SSSR count). The summed E-state index contributed by atoms with van der Waals surface area (Å²) in [5, 5.41) is 10.3. The number of benzene rings is 2. The molecule has 0 bridgehead atoms. The van der Waals surface area contributed by atoms with Gasteiger partial charge in [-0.25, -0.2) is 4.98 Å². The van der Waals surface area contributed by atoms with Gasteiger partial charge < -0.3 is 9.64 Å². The van der Waals surface area contributed by atoms with Crippen LogP contribution in [0.1, 0.15) is 22.9 Å². The second kappa shape index (κ2) is 8.49. The molecule has 0 saturated carbocycles. The fraction of sp³-hybridized carbons (Fsp3) is 0.154. The molecule has 1 amide bonds. The molecule has 1 aliphatic heterocycles.